The smallest absolute Gasteiger partial charge is 0.337 e. The molecule has 26 heavy (non-hydrogen) atoms. The van der Waals surface area contributed by atoms with Gasteiger partial charge in [-0.3, -0.25) is 4.79 Å². The number of carbonyl (C=O) groups excluding carboxylic acids is 1. The van der Waals surface area contributed by atoms with E-state index in [1.54, 1.807) is 0 Å². The summed E-state index contributed by atoms with van der Waals surface area (Å²) in [6, 6.07) is 3.28. The summed E-state index contributed by atoms with van der Waals surface area (Å²) >= 11 is 0. The van der Waals surface area contributed by atoms with E-state index in [2.05, 4.69) is 0 Å². The van der Waals surface area contributed by atoms with Crippen molar-refractivity contribution in [3.63, 3.8) is 0 Å². The van der Waals surface area contributed by atoms with Crippen molar-refractivity contribution in [1.29, 1.82) is 0 Å². The first-order chi connectivity index (χ1) is 11.7. The Morgan fingerprint density at radius 2 is 1.31 bits per heavy atom. The van der Waals surface area contributed by atoms with Gasteiger partial charge in [0.05, 0.1) is 23.0 Å². The Hall–Kier alpha value is -1.94. The van der Waals surface area contributed by atoms with E-state index in [9.17, 15) is 44.3 Å². The Balaban J connectivity index is 2.39. The van der Waals surface area contributed by atoms with E-state index >= 15 is 0 Å². The number of benzene rings is 1. The SMILES string of the molecule is O=C(c1ccccc1C(F)(F)F)N1C[C@@H](C(F)(F)F)C[C@H](C(F)(F)F)C1. The van der Waals surface area contributed by atoms with Gasteiger partial charge in [0.1, 0.15) is 0 Å². The van der Waals surface area contributed by atoms with Crippen LogP contribution >= 0.6 is 0 Å². The lowest BCUT2D eigenvalue weighted by atomic mass is 9.87. The molecule has 0 N–H and O–H groups in total. The van der Waals surface area contributed by atoms with Gasteiger partial charge < -0.3 is 4.90 Å². The first-order valence-electron chi connectivity index (χ1n) is 7.30. The minimum Gasteiger partial charge on any atom is -0.337 e. The molecule has 146 valence electrons. The van der Waals surface area contributed by atoms with Crippen molar-refractivity contribution in [2.24, 2.45) is 11.8 Å². The van der Waals surface area contributed by atoms with Crippen LogP contribution in [-0.2, 0) is 6.18 Å². The van der Waals surface area contributed by atoms with E-state index in [0.29, 0.717) is 6.07 Å². The number of hydrogen-bond donors (Lipinski definition) is 0. The lowest BCUT2D eigenvalue weighted by molar-refractivity contribution is -0.227. The number of carbonyl (C=O) groups is 1. The summed E-state index contributed by atoms with van der Waals surface area (Å²) in [6.07, 6.45) is -16.3. The fourth-order valence-electron chi connectivity index (χ4n) is 2.83. The number of halogens is 9. The highest BCUT2D eigenvalue weighted by Gasteiger charge is 2.52. The maximum absolute atomic E-state index is 13.0. The average Bonchev–Trinajstić information content (AvgIpc) is 2.51. The zero-order valence-corrected chi connectivity index (χ0v) is 12.8. The molecule has 2 nitrogen and oxygen atoms in total. The van der Waals surface area contributed by atoms with Crippen LogP contribution < -0.4 is 0 Å². The quantitative estimate of drug-likeness (QED) is 0.621. The maximum Gasteiger partial charge on any atom is 0.417 e. The number of amides is 1. The Bertz CT molecular complexity index is 640. The van der Waals surface area contributed by atoms with Gasteiger partial charge in [-0.15, -0.1) is 0 Å². The van der Waals surface area contributed by atoms with Gasteiger partial charge in [0.2, 0.25) is 0 Å². The molecule has 1 fully saturated rings. The van der Waals surface area contributed by atoms with Crippen molar-refractivity contribution in [3.8, 4) is 0 Å². The molecule has 0 bridgehead atoms. The summed E-state index contributed by atoms with van der Waals surface area (Å²) in [5.74, 6) is -6.45. The number of alkyl halides is 9. The minimum atomic E-state index is -5.01. The van der Waals surface area contributed by atoms with Crippen LogP contribution in [0.2, 0.25) is 0 Å². The molecule has 0 aliphatic carbocycles. The molecule has 11 heteroatoms. The molecule has 2 rings (SSSR count). The standard InChI is InChI=1S/C15H12F9NO/c16-13(17,18)8-5-9(14(19,20)21)7-25(6-8)12(26)10-3-1-2-4-11(10)15(22,23)24/h1-4,8-9H,5-7H2/t8-,9-/m0/s1. The van der Waals surface area contributed by atoms with Crippen molar-refractivity contribution in [1.82, 2.24) is 4.90 Å². The fraction of sp³-hybridized carbons (Fsp3) is 0.533. The largest absolute Gasteiger partial charge is 0.417 e. The summed E-state index contributed by atoms with van der Waals surface area (Å²) in [7, 11) is 0. The normalized spacial score (nSPS) is 22.4. The van der Waals surface area contributed by atoms with E-state index in [1.807, 2.05) is 0 Å². The van der Waals surface area contributed by atoms with Gasteiger partial charge in [0.15, 0.2) is 0 Å². The Labute approximate surface area is 141 Å². The Kier molecular flexibility index (Phi) is 5.22. The molecule has 0 saturated carbocycles. The summed E-state index contributed by atoms with van der Waals surface area (Å²) in [5.41, 5.74) is -2.40. The molecule has 1 aromatic carbocycles. The highest BCUT2D eigenvalue weighted by atomic mass is 19.4. The molecular weight excluding hydrogens is 381 g/mol. The first-order valence-corrected chi connectivity index (χ1v) is 7.30. The second kappa shape index (κ2) is 6.66. The third kappa shape index (κ3) is 4.42. The van der Waals surface area contributed by atoms with Crippen molar-refractivity contribution < 1.29 is 44.3 Å². The highest BCUT2D eigenvalue weighted by Crippen LogP contribution is 2.42. The lowest BCUT2D eigenvalue weighted by Crippen LogP contribution is -2.51. The predicted octanol–water partition coefficient (Wildman–Crippen LogP) is 4.91. The van der Waals surface area contributed by atoms with E-state index in [4.69, 9.17) is 0 Å². The van der Waals surface area contributed by atoms with Crippen LogP contribution in [-0.4, -0.2) is 36.2 Å². The third-order valence-electron chi connectivity index (χ3n) is 4.13. The van der Waals surface area contributed by atoms with E-state index in [1.165, 1.54) is 0 Å². The minimum absolute atomic E-state index is 0.199. The molecule has 2 atom stereocenters. The van der Waals surface area contributed by atoms with E-state index in [0.717, 1.165) is 18.2 Å². The number of rotatable bonds is 1. The molecule has 1 aliphatic rings. The van der Waals surface area contributed by atoms with Crippen LogP contribution in [0.3, 0.4) is 0 Å². The summed E-state index contributed by atoms with van der Waals surface area (Å²) in [5, 5.41) is 0. The molecule has 1 amide bonds. The van der Waals surface area contributed by atoms with Gasteiger partial charge in [-0.25, -0.2) is 0 Å². The number of piperidine rings is 1. The van der Waals surface area contributed by atoms with Crippen molar-refractivity contribution in [2.75, 3.05) is 13.1 Å². The second-order valence-electron chi connectivity index (χ2n) is 5.97. The van der Waals surface area contributed by atoms with Crippen molar-refractivity contribution >= 4 is 5.91 Å². The Morgan fingerprint density at radius 3 is 1.73 bits per heavy atom. The summed E-state index contributed by atoms with van der Waals surface area (Å²) in [6.45, 7) is -2.25. The van der Waals surface area contributed by atoms with Gasteiger partial charge in [0, 0.05) is 13.1 Å². The van der Waals surface area contributed by atoms with Gasteiger partial charge in [0.25, 0.3) is 5.91 Å². The van der Waals surface area contributed by atoms with Gasteiger partial charge in [-0.2, -0.15) is 39.5 Å². The van der Waals surface area contributed by atoms with Crippen LogP contribution in [0.15, 0.2) is 24.3 Å². The average molecular weight is 393 g/mol. The Morgan fingerprint density at radius 1 is 0.846 bits per heavy atom. The number of likely N-dealkylation sites (tertiary alicyclic amines) is 1. The molecule has 0 aromatic heterocycles. The topological polar surface area (TPSA) is 20.3 Å². The molecule has 0 radical (unpaired) electrons. The molecule has 0 unspecified atom stereocenters. The van der Waals surface area contributed by atoms with E-state index < -0.39 is 66.9 Å². The van der Waals surface area contributed by atoms with Crippen molar-refractivity contribution in [2.45, 2.75) is 24.9 Å². The van der Waals surface area contributed by atoms with Crippen LogP contribution in [0.4, 0.5) is 39.5 Å². The predicted molar refractivity (Wildman–Crippen MR) is 71.1 cm³/mol. The fourth-order valence-corrected chi connectivity index (χ4v) is 2.83. The van der Waals surface area contributed by atoms with Crippen LogP contribution in [0, 0.1) is 11.8 Å². The van der Waals surface area contributed by atoms with E-state index in [-0.39, 0.29) is 4.90 Å². The van der Waals surface area contributed by atoms with Gasteiger partial charge in [-0.1, -0.05) is 12.1 Å². The molecule has 0 spiro atoms. The highest BCUT2D eigenvalue weighted by molar-refractivity contribution is 5.96. The summed E-state index contributed by atoms with van der Waals surface area (Å²) < 4.78 is 116. The molecule has 1 saturated heterocycles. The zero-order chi connectivity index (χ0) is 19.9. The van der Waals surface area contributed by atoms with Crippen LogP contribution in [0.5, 0.6) is 0 Å². The lowest BCUT2D eigenvalue weighted by Gasteiger charge is -2.39. The zero-order valence-electron chi connectivity index (χ0n) is 12.8. The van der Waals surface area contributed by atoms with Gasteiger partial charge in [-0.05, 0) is 18.6 Å². The maximum atomic E-state index is 13.0. The first kappa shape index (κ1) is 20.4. The molecule has 1 aliphatic heterocycles. The van der Waals surface area contributed by atoms with Crippen LogP contribution in [0.1, 0.15) is 22.3 Å². The van der Waals surface area contributed by atoms with Crippen molar-refractivity contribution in [3.05, 3.63) is 35.4 Å². The van der Waals surface area contributed by atoms with Crippen LogP contribution in [0.25, 0.3) is 0 Å². The summed E-state index contributed by atoms with van der Waals surface area (Å²) in [4.78, 5) is 12.5. The molecule has 1 aromatic rings. The monoisotopic (exact) mass is 393 g/mol. The number of hydrogen-bond acceptors (Lipinski definition) is 1. The molecule has 1 heterocycles. The molecular formula is C15H12F9NO. The third-order valence-corrected chi connectivity index (χ3v) is 4.13. The second-order valence-corrected chi connectivity index (χ2v) is 5.97. The van der Waals surface area contributed by atoms with Gasteiger partial charge >= 0.3 is 18.5 Å². The number of nitrogens with zero attached hydrogens (tertiary/aromatic N) is 1.